The van der Waals surface area contributed by atoms with Crippen molar-refractivity contribution in [2.45, 2.75) is 6.42 Å². The second-order valence-electron chi connectivity index (χ2n) is 5.58. The zero-order valence-electron chi connectivity index (χ0n) is 13.0. The molecular weight excluding hydrogens is 295 g/mol. The molecule has 2 aromatic carbocycles. The Labute approximate surface area is 134 Å². The predicted octanol–water partition coefficient (Wildman–Crippen LogP) is 2.94. The molecule has 0 radical (unpaired) electrons. The number of halogens is 1. The first-order valence-electron chi connectivity index (χ1n) is 7.64. The zero-order valence-corrected chi connectivity index (χ0v) is 13.0. The van der Waals surface area contributed by atoms with Gasteiger partial charge in [-0.3, -0.25) is 4.79 Å². The lowest BCUT2D eigenvalue weighted by molar-refractivity contribution is 0.0773. The van der Waals surface area contributed by atoms with Gasteiger partial charge in [0.25, 0.3) is 5.91 Å². The number of hydrogen-bond acceptors (Lipinski definition) is 3. The first-order valence-corrected chi connectivity index (χ1v) is 7.64. The van der Waals surface area contributed by atoms with Gasteiger partial charge in [-0.2, -0.15) is 0 Å². The lowest BCUT2D eigenvalue weighted by Gasteiger charge is -2.18. The van der Waals surface area contributed by atoms with Crippen LogP contribution in [0.15, 0.2) is 42.5 Å². The zero-order chi connectivity index (χ0) is 16.2. The molecule has 0 atom stereocenters. The molecule has 0 aromatic heterocycles. The lowest BCUT2D eigenvalue weighted by Crippen LogP contribution is -2.30. The quantitative estimate of drug-likeness (QED) is 0.922. The Hall–Kier alpha value is -2.56. The van der Waals surface area contributed by atoms with Crippen LogP contribution in [0.5, 0.6) is 5.75 Å². The van der Waals surface area contributed by atoms with Crippen molar-refractivity contribution >= 4 is 11.6 Å². The third-order valence-electron chi connectivity index (χ3n) is 3.92. The van der Waals surface area contributed by atoms with E-state index in [1.165, 1.54) is 17.7 Å². The van der Waals surface area contributed by atoms with Gasteiger partial charge in [0, 0.05) is 24.8 Å². The third-order valence-corrected chi connectivity index (χ3v) is 3.92. The molecule has 0 saturated carbocycles. The van der Waals surface area contributed by atoms with Crippen LogP contribution in [0, 0.1) is 5.82 Å². The number of fused-ring (bicyclic) bond motifs is 1. The van der Waals surface area contributed by atoms with Crippen LogP contribution < -0.4 is 10.1 Å². The van der Waals surface area contributed by atoms with E-state index in [0.717, 1.165) is 18.7 Å². The van der Waals surface area contributed by atoms with Crippen molar-refractivity contribution in [3.63, 3.8) is 0 Å². The average molecular weight is 314 g/mol. The minimum atomic E-state index is -0.296. The van der Waals surface area contributed by atoms with Crippen molar-refractivity contribution in [1.82, 2.24) is 4.90 Å². The van der Waals surface area contributed by atoms with E-state index in [4.69, 9.17) is 4.74 Å². The Morgan fingerprint density at radius 2 is 2.04 bits per heavy atom. The molecule has 0 bridgehead atoms. The molecule has 4 nitrogen and oxygen atoms in total. The van der Waals surface area contributed by atoms with Gasteiger partial charge >= 0.3 is 0 Å². The number of benzene rings is 2. The van der Waals surface area contributed by atoms with Gasteiger partial charge in [0.15, 0.2) is 0 Å². The Balaban J connectivity index is 1.54. The molecule has 5 heteroatoms. The smallest absolute Gasteiger partial charge is 0.253 e. The number of anilines is 1. The summed E-state index contributed by atoms with van der Waals surface area (Å²) < 4.78 is 18.3. The van der Waals surface area contributed by atoms with Gasteiger partial charge in [-0.15, -0.1) is 0 Å². The Morgan fingerprint density at radius 1 is 1.26 bits per heavy atom. The average Bonchev–Trinajstić information content (AvgIpc) is 3.03. The van der Waals surface area contributed by atoms with Gasteiger partial charge in [0.05, 0.1) is 6.54 Å². The highest BCUT2D eigenvalue weighted by Gasteiger charge is 2.16. The monoisotopic (exact) mass is 314 g/mol. The van der Waals surface area contributed by atoms with Crippen LogP contribution in [0.3, 0.4) is 0 Å². The van der Waals surface area contributed by atoms with Crippen molar-refractivity contribution in [3.05, 3.63) is 59.4 Å². The molecule has 23 heavy (non-hydrogen) atoms. The number of rotatable bonds is 5. The predicted molar refractivity (Wildman–Crippen MR) is 87.5 cm³/mol. The topological polar surface area (TPSA) is 41.6 Å². The summed E-state index contributed by atoms with van der Waals surface area (Å²) in [7, 11) is 1.75. The van der Waals surface area contributed by atoms with E-state index in [0.29, 0.717) is 24.5 Å². The van der Waals surface area contributed by atoms with Crippen molar-refractivity contribution in [2.24, 2.45) is 0 Å². The molecule has 1 N–H and O–H groups in total. The first-order chi connectivity index (χ1) is 11.1. The maximum absolute atomic E-state index is 12.8. The van der Waals surface area contributed by atoms with E-state index in [2.05, 4.69) is 5.32 Å². The summed E-state index contributed by atoms with van der Waals surface area (Å²) in [4.78, 5) is 14.1. The summed E-state index contributed by atoms with van der Waals surface area (Å²) in [6.07, 6.45) is 0.952. The molecule has 2 aromatic rings. The third kappa shape index (κ3) is 3.62. The summed E-state index contributed by atoms with van der Waals surface area (Å²) in [6, 6.07) is 11.6. The maximum atomic E-state index is 12.8. The van der Waals surface area contributed by atoms with Crippen molar-refractivity contribution in [2.75, 3.05) is 32.1 Å². The van der Waals surface area contributed by atoms with Crippen molar-refractivity contribution in [1.29, 1.82) is 0 Å². The molecule has 0 unspecified atom stereocenters. The SMILES string of the molecule is CN(CCOc1ccc(F)cc1)C(=O)c1ccc2c(c1)CCN2. The van der Waals surface area contributed by atoms with E-state index in [9.17, 15) is 9.18 Å². The fraction of sp³-hybridized carbons (Fsp3) is 0.278. The minimum absolute atomic E-state index is 0.0255. The maximum Gasteiger partial charge on any atom is 0.253 e. The van der Waals surface area contributed by atoms with Crippen LogP contribution >= 0.6 is 0 Å². The number of nitrogens with one attached hydrogen (secondary N) is 1. The second-order valence-corrected chi connectivity index (χ2v) is 5.58. The molecule has 0 saturated heterocycles. The van der Waals surface area contributed by atoms with E-state index < -0.39 is 0 Å². The highest BCUT2D eigenvalue weighted by atomic mass is 19.1. The normalized spacial score (nSPS) is 12.4. The van der Waals surface area contributed by atoms with E-state index >= 15 is 0 Å². The Morgan fingerprint density at radius 3 is 2.83 bits per heavy atom. The van der Waals surface area contributed by atoms with E-state index in [1.54, 1.807) is 24.1 Å². The summed E-state index contributed by atoms with van der Waals surface area (Å²) in [5, 5.41) is 3.28. The van der Waals surface area contributed by atoms with Crippen LogP contribution in [0.2, 0.25) is 0 Å². The van der Waals surface area contributed by atoms with E-state index in [1.807, 2.05) is 18.2 Å². The van der Waals surface area contributed by atoms with Gasteiger partial charge < -0.3 is 15.0 Å². The number of ether oxygens (including phenoxy) is 1. The van der Waals surface area contributed by atoms with Crippen LogP contribution in [0.1, 0.15) is 15.9 Å². The number of nitrogens with zero attached hydrogens (tertiary/aromatic N) is 1. The number of hydrogen-bond donors (Lipinski definition) is 1. The van der Waals surface area contributed by atoms with Crippen LogP contribution in [-0.2, 0) is 6.42 Å². The Kier molecular flexibility index (Phi) is 4.46. The molecule has 3 rings (SSSR count). The number of amides is 1. The first kappa shape index (κ1) is 15.3. The molecular formula is C18H19FN2O2. The molecule has 1 aliphatic rings. The largest absolute Gasteiger partial charge is 0.492 e. The summed E-state index contributed by atoms with van der Waals surface area (Å²) in [6.45, 7) is 1.75. The second kappa shape index (κ2) is 6.69. The van der Waals surface area contributed by atoms with Gasteiger partial charge in [-0.05, 0) is 54.4 Å². The Bertz CT molecular complexity index is 701. The van der Waals surface area contributed by atoms with E-state index in [-0.39, 0.29) is 11.7 Å². The van der Waals surface area contributed by atoms with Gasteiger partial charge in [0.1, 0.15) is 18.2 Å². The molecule has 0 fully saturated rings. The van der Waals surface area contributed by atoms with Crippen molar-refractivity contribution in [3.8, 4) is 5.75 Å². The summed E-state index contributed by atoms with van der Waals surface area (Å²) >= 11 is 0. The standard InChI is InChI=1S/C18H19FN2O2/c1-21(10-11-23-16-5-3-15(19)4-6-16)18(22)14-2-7-17-13(12-14)8-9-20-17/h2-7,12,20H,8-11H2,1H3. The number of likely N-dealkylation sites (N-methyl/N-ethyl adjacent to an activating group) is 1. The van der Waals surface area contributed by atoms with Gasteiger partial charge in [-0.1, -0.05) is 0 Å². The summed E-state index contributed by atoms with van der Waals surface area (Å²) in [5.74, 6) is 0.272. The molecule has 0 spiro atoms. The highest BCUT2D eigenvalue weighted by molar-refractivity contribution is 5.94. The molecule has 1 amide bonds. The molecule has 1 heterocycles. The minimum Gasteiger partial charge on any atom is -0.492 e. The number of carbonyl (C=O) groups excluding carboxylic acids is 1. The molecule has 0 aliphatic carbocycles. The van der Waals surface area contributed by atoms with Crippen molar-refractivity contribution < 1.29 is 13.9 Å². The van der Waals surface area contributed by atoms with Crippen LogP contribution in [-0.4, -0.2) is 37.6 Å². The highest BCUT2D eigenvalue weighted by Crippen LogP contribution is 2.23. The van der Waals surface area contributed by atoms with Crippen LogP contribution in [0.25, 0.3) is 0 Å². The fourth-order valence-corrected chi connectivity index (χ4v) is 2.59. The molecule has 1 aliphatic heterocycles. The number of carbonyl (C=O) groups is 1. The van der Waals surface area contributed by atoms with Gasteiger partial charge in [-0.25, -0.2) is 4.39 Å². The fourth-order valence-electron chi connectivity index (χ4n) is 2.59. The lowest BCUT2D eigenvalue weighted by atomic mass is 10.1. The van der Waals surface area contributed by atoms with Gasteiger partial charge in [0.2, 0.25) is 0 Å². The molecule has 120 valence electrons. The van der Waals surface area contributed by atoms with Crippen LogP contribution in [0.4, 0.5) is 10.1 Å². The summed E-state index contributed by atoms with van der Waals surface area (Å²) in [5.41, 5.74) is 2.99.